The Labute approximate surface area is 103 Å². The highest BCUT2D eigenvalue weighted by atomic mass is 16.6. The normalized spacial score (nSPS) is 41.1. The largest absolute Gasteiger partial charge is 0.394 e. The maximum Gasteiger partial charge on any atom is 0.326 e. The van der Waals surface area contributed by atoms with E-state index in [0.29, 0.717) is 0 Å². The van der Waals surface area contributed by atoms with Gasteiger partial charge in [0.25, 0.3) is 0 Å². The van der Waals surface area contributed by atoms with Crippen molar-refractivity contribution in [2.24, 2.45) is 5.92 Å². The monoisotopic (exact) mass is 260 g/mol. The molecule has 0 saturated carbocycles. The van der Waals surface area contributed by atoms with Gasteiger partial charge in [0.15, 0.2) is 6.23 Å². The van der Waals surface area contributed by atoms with Crippen molar-refractivity contribution in [1.29, 1.82) is 0 Å². The van der Waals surface area contributed by atoms with Crippen molar-refractivity contribution < 1.29 is 29.6 Å². The third kappa shape index (κ3) is 2.07. The maximum absolute atomic E-state index is 11.6. The molecule has 18 heavy (non-hydrogen) atoms. The standard InChI is InChI=1S/C10H16N2O6/c1-4-2-12(10(17)11-8(4)16)9-7(15)6(14)5(3-13)18-9/h4-7,9,13-15H,2-3H2,1H3,(H,11,16,17)/t4?,5-,6?,7?,9-/m1/s1. The fourth-order valence-corrected chi connectivity index (χ4v) is 2.12. The number of imide groups is 1. The van der Waals surface area contributed by atoms with Crippen LogP contribution in [0.5, 0.6) is 0 Å². The number of hydrogen-bond acceptors (Lipinski definition) is 6. The summed E-state index contributed by atoms with van der Waals surface area (Å²) in [6.07, 6.45) is -4.58. The molecule has 102 valence electrons. The number of nitrogens with zero attached hydrogens (tertiary/aromatic N) is 1. The van der Waals surface area contributed by atoms with E-state index in [4.69, 9.17) is 9.84 Å². The van der Waals surface area contributed by atoms with Crippen molar-refractivity contribution in [3.63, 3.8) is 0 Å². The van der Waals surface area contributed by atoms with Gasteiger partial charge in [0.1, 0.15) is 18.3 Å². The first-order valence-corrected chi connectivity index (χ1v) is 5.69. The average Bonchev–Trinajstić information content (AvgIpc) is 2.61. The van der Waals surface area contributed by atoms with E-state index in [1.807, 2.05) is 0 Å². The first-order valence-electron chi connectivity index (χ1n) is 5.69. The number of aliphatic hydroxyl groups excluding tert-OH is 3. The van der Waals surface area contributed by atoms with Gasteiger partial charge in [0, 0.05) is 6.54 Å². The Balaban J connectivity index is 2.12. The second-order valence-electron chi connectivity index (χ2n) is 4.58. The third-order valence-electron chi connectivity index (χ3n) is 3.23. The van der Waals surface area contributed by atoms with Crippen molar-refractivity contribution in [2.45, 2.75) is 31.5 Å². The molecule has 2 aliphatic rings. The van der Waals surface area contributed by atoms with Crippen LogP contribution >= 0.6 is 0 Å². The molecule has 2 aliphatic heterocycles. The third-order valence-corrected chi connectivity index (χ3v) is 3.23. The second kappa shape index (κ2) is 4.81. The van der Waals surface area contributed by atoms with Crippen molar-refractivity contribution in [3.05, 3.63) is 0 Å². The molecule has 0 aromatic rings. The number of carbonyl (C=O) groups is 2. The van der Waals surface area contributed by atoms with Crippen LogP contribution in [0.25, 0.3) is 0 Å². The summed E-state index contributed by atoms with van der Waals surface area (Å²) in [5.74, 6) is -0.813. The van der Waals surface area contributed by atoms with Crippen LogP contribution in [0.2, 0.25) is 0 Å². The molecule has 5 atom stereocenters. The van der Waals surface area contributed by atoms with Gasteiger partial charge in [-0.1, -0.05) is 6.92 Å². The zero-order chi connectivity index (χ0) is 13.4. The fourth-order valence-electron chi connectivity index (χ4n) is 2.12. The zero-order valence-electron chi connectivity index (χ0n) is 9.81. The lowest BCUT2D eigenvalue weighted by Crippen LogP contribution is -2.59. The minimum Gasteiger partial charge on any atom is -0.394 e. The lowest BCUT2D eigenvalue weighted by molar-refractivity contribution is -0.130. The molecule has 3 unspecified atom stereocenters. The van der Waals surface area contributed by atoms with E-state index in [1.54, 1.807) is 6.92 Å². The summed E-state index contributed by atoms with van der Waals surface area (Å²) < 4.78 is 5.23. The van der Waals surface area contributed by atoms with Gasteiger partial charge in [0.05, 0.1) is 12.5 Å². The Morgan fingerprint density at radius 2 is 2.06 bits per heavy atom. The minimum atomic E-state index is -1.31. The molecule has 2 saturated heterocycles. The molecule has 2 rings (SSSR count). The summed E-state index contributed by atoms with van der Waals surface area (Å²) in [7, 11) is 0. The molecule has 0 bridgehead atoms. The summed E-state index contributed by atoms with van der Waals surface area (Å²) in [5.41, 5.74) is 0. The fraction of sp³-hybridized carbons (Fsp3) is 0.800. The number of rotatable bonds is 2. The molecule has 8 nitrogen and oxygen atoms in total. The van der Waals surface area contributed by atoms with Crippen LogP contribution in [0.1, 0.15) is 6.92 Å². The van der Waals surface area contributed by atoms with Crippen molar-refractivity contribution in [2.75, 3.05) is 13.2 Å². The number of aliphatic hydroxyl groups is 3. The summed E-state index contributed by atoms with van der Waals surface area (Å²) in [4.78, 5) is 24.1. The molecule has 0 aliphatic carbocycles. The Morgan fingerprint density at radius 3 is 2.61 bits per heavy atom. The van der Waals surface area contributed by atoms with E-state index in [1.165, 1.54) is 0 Å². The van der Waals surface area contributed by atoms with Gasteiger partial charge in [-0.2, -0.15) is 0 Å². The number of ether oxygens (including phenoxy) is 1. The summed E-state index contributed by atoms with van der Waals surface area (Å²) in [6, 6.07) is -0.673. The summed E-state index contributed by atoms with van der Waals surface area (Å²) in [5, 5.41) is 30.5. The number of amides is 3. The van der Waals surface area contributed by atoms with E-state index in [2.05, 4.69) is 5.32 Å². The van der Waals surface area contributed by atoms with Crippen molar-refractivity contribution in [3.8, 4) is 0 Å². The van der Waals surface area contributed by atoms with Crippen LogP contribution in [0, 0.1) is 5.92 Å². The van der Waals surface area contributed by atoms with Gasteiger partial charge >= 0.3 is 6.03 Å². The maximum atomic E-state index is 11.6. The predicted octanol–water partition coefficient (Wildman–Crippen LogP) is -2.39. The molecule has 0 aromatic carbocycles. The molecule has 8 heteroatoms. The van der Waals surface area contributed by atoms with E-state index in [0.717, 1.165) is 4.90 Å². The molecule has 4 N–H and O–H groups in total. The molecule has 2 fully saturated rings. The minimum absolute atomic E-state index is 0.0945. The number of nitrogens with one attached hydrogen (secondary N) is 1. The van der Waals surface area contributed by atoms with Crippen LogP contribution in [-0.4, -0.2) is 69.8 Å². The molecule has 2 heterocycles. The van der Waals surface area contributed by atoms with Gasteiger partial charge in [-0.3, -0.25) is 15.0 Å². The molecular formula is C10H16N2O6. The van der Waals surface area contributed by atoms with E-state index >= 15 is 0 Å². The first kappa shape index (κ1) is 13.2. The molecular weight excluding hydrogens is 244 g/mol. The Bertz CT molecular complexity index is 362. The average molecular weight is 260 g/mol. The van der Waals surface area contributed by atoms with Crippen LogP contribution in [-0.2, 0) is 9.53 Å². The lowest BCUT2D eigenvalue weighted by atomic mass is 10.1. The Hall–Kier alpha value is -1.22. The summed E-state index contributed by atoms with van der Waals surface area (Å²) >= 11 is 0. The van der Waals surface area contributed by atoms with Crippen LogP contribution in [0.3, 0.4) is 0 Å². The summed E-state index contributed by atoms with van der Waals surface area (Å²) in [6.45, 7) is 1.27. The van der Waals surface area contributed by atoms with Gasteiger partial charge < -0.3 is 20.1 Å². The molecule has 0 spiro atoms. The van der Waals surface area contributed by atoms with E-state index < -0.39 is 43.1 Å². The van der Waals surface area contributed by atoms with E-state index in [9.17, 15) is 19.8 Å². The van der Waals surface area contributed by atoms with Gasteiger partial charge in [-0.25, -0.2) is 4.79 Å². The molecule has 0 aromatic heterocycles. The van der Waals surface area contributed by atoms with Gasteiger partial charge in [0.2, 0.25) is 5.91 Å². The highest BCUT2D eigenvalue weighted by molar-refractivity contribution is 5.97. The quantitative estimate of drug-likeness (QED) is 0.440. The number of hydrogen-bond donors (Lipinski definition) is 4. The van der Waals surface area contributed by atoms with Crippen LogP contribution in [0.15, 0.2) is 0 Å². The number of urea groups is 1. The predicted molar refractivity (Wildman–Crippen MR) is 57.2 cm³/mol. The topological polar surface area (TPSA) is 119 Å². The van der Waals surface area contributed by atoms with Gasteiger partial charge in [-0.05, 0) is 0 Å². The SMILES string of the molecule is CC1CN([C@@H]2O[C@H](CO)C(O)C2O)C(=O)NC1=O. The molecule has 0 radical (unpaired) electrons. The molecule has 3 amide bonds. The second-order valence-corrected chi connectivity index (χ2v) is 4.58. The van der Waals surface area contributed by atoms with Gasteiger partial charge in [-0.15, -0.1) is 0 Å². The number of carbonyl (C=O) groups excluding carboxylic acids is 2. The zero-order valence-corrected chi connectivity index (χ0v) is 9.81. The van der Waals surface area contributed by atoms with Crippen molar-refractivity contribution in [1.82, 2.24) is 10.2 Å². The Kier molecular flexibility index (Phi) is 3.53. The Morgan fingerprint density at radius 1 is 1.39 bits per heavy atom. The van der Waals surface area contributed by atoms with Crippen molar-refractivity contribution >= 4 is 11.9 Å². The van der Waals surface area contributed by atoms with Crippen LogP contribution < -0.4 is 5.32 Å². The highest BCUT2D eigenvalue weighted by Gasteiger charge is 2.48. The van der Waals surface area contributed by atoms with Crippen LogP contribution in [0.4, 0.5) is 4.79 Å². The first-order chi connectivity index (χ1) is 8.45. The smallest absolute Gasteiger partial charge is 0.326 e. The van der Waals surface area contributed by atoms with E-state index in [-0.39, 0.29) is 12.5 Å². The highest BCUT2D eigenvalue weighted by Crippen LogP contribution is 2.25. The lowest BCUT2D eigenvalue weighted by Gasteiger charge is -2.35.